The van der Waals surface area contributed by atoms with Gasteiger partial charge in [0.15, 0.2) is 0 Å². The van der Waals surface area contributed by atoms with Gasteiger partial charge in [0.25, 0.3) is 0 Å². The second-order valence-electron chi connectivity index (χ2n) is 4.78. The van der Waals surface area contributed by atoms with Crippen molar-refractivity contribution in [3.63, 3.8) is 0 Å². The third kappa shape index (κ3) is 3.08. The monoisotopic (exact) mass is 260 g/mol. The van der Waals surface area contributed by atoms with E-state index in [0.717, 1.165) is 28.6 Å². The van der Waals surface area contributed by atoms with Crippen LogP contribution in [0.1, 0.15) is 25.8 Å². The number of carbonyl (C=O) groups is 1. The lowest BCUT2D eigenvalue weighted by molar-refractivity contribution is -0.121. The number of nitrogens with one attached hydrogen (secondary N) is 2. The van der Waals surface area contributed by atoms with Crippen molar-refractivity contribution in [1.82, 2.24) is 10.3 Å². The molecule has 2 N–H and O–H groups in total. The number of carbonyl (C=O) groups excluding carboxylic acids is 1. The molecule has 4 heteroatoms. The highest BCUT2D eigenvalue weighted by Gasteiger charge is 2.11. The van der Waals surface area contributed by atoms with Crippen LogP contribution in [0.5, 0.6) is 5.75 Å². The highest BCUT2D eigenvalue weighted by atomic mass is 16.5. The average Bonchev–Trinajstić information content (AvgIpc) is 2.80. The fourth-order valence-corrected chi connectivity index (χ4v) is 2.03. The molecule has 0 spiro atoms. The lowest BCUT2D eigenvalue weighted by atomic mass is 10.1. The fraction of sp³-hybridized carbons (Fsp3) is 0.400. The predicted molar refractivity (Wildman–Crippen MR) is 76.5 cm³/mol. The molecule has 0 saturated heterocycles. The second kappa shape index (κ2) is 5.78. The van der Waals surface area contributed by atoms with Crippen molar-refractivity contribution in [3.8, 4) is 5.75 Å². The molecule has 1 aromatic carbocycles. The Morgan fingerprint density at radius 3 is 2.95 bits per heavy atom. The largest absolute Gasteiger partial charge is 0.497 e. The highest BCUT2D eigenvalue weighted by molar-refractivity contribution is 5.89. The number of hydrogen-bond acceptors (Lipinski definition) is 2. The number of hydrogen-bond donors (Lipinski definition) is 2. The Morgan fingerprint density at radius 1 is 1.47 bits per heavy atom. The molecule has 19 heavy (non-hydrogen) atoms. The van der Waals surface area contributed by atoms with Crippen molar-refractivity contribution in [1.29, 1.82) is 0 Å². The van der Waals surface area contributed by atoms with Crippen molar-refractivity contribution in [2.45, 2.75) is 32.7 Å². The Kier molecular flexibility index (Phi) is 4.10. The average molecular weight is 260 g/mol. The van der Waals surface area contributed by atoms with Crippen molar-refractivity contribution in [3.05, 3.63) is 30.0 Å². The van der Waals surface area contributed by atoms with Gasteiger partial charge >= 0.3 is 0 Å². The summed E-state index contributed by atoms with van der Waals surface area (Å²) in [6, 6.07) is 6.04. The fourth-order valence-electron chi connectivity index (χ4n) is 2.03. The minimum atomic E-state index is 0.0538. The zero-order valence-corrected chi connectivity index (χ0v) is 11.6. The maximum absolute atomic E-state index is 11.9. The molecule has 0 radical (unpaired) electrons. The second-order valence-corrected chi connectivity index (χ2v) is 4.78. The van der Waals surface area contributed by atoms with Gasteiger partial charge < -0.3 is 15.0 Å². The molecule has 2 rings (SSSR count). The summed E-state index contributed by atoms with van der Waals surface area (Å²) < 4.78 is 5.22. The topological polar surface area (TPSA) is 54.1 Å². The van der Waals surface area contributed by atoms with E-state index in [1.165, 1.54) is 0 Å². The highest BCUT2D eigenvalue weighted by Crippen LogP contribution is 2.23. The first-order valence-corrected chi connectivity index (χ1v) is 6.57. The number of aromatic nitrogens is 1. The van der Waals surface area contributed by atoms with Crippen LogP contribution in [0, 0.1) is 0 Å². The van der Waals surface area contributed by atoms with Crippen LogP contribution in [0.15, 0.2) is 24.4 Å². The molecule has 1 heterocycles. The van der Waals surface area contributed by atoms with Crippen molar-refractivity contribution in [2.75, 3.05) is 7.11 Å². The molecule has 0 aliphatic carbocycles. The van der Waals surface area contributed by atoms with E-state index in [2.05, 4.69) is 17.2 Å². The molecule has 0 saturated carbocycles. The minimum Gasteiger partial charge on any atom is -0.497 e. The van der Waals surface area contributed by atoms with Crippen LogP contribution in [0.3, 0.4) is 0 Å². The number of benzene rings is 1. The van der Waals surface area contributed by atoms with Gasteiger partial charge in [0.05, 0.1) is 13.5 Å². The zero-order valence-electron chi connectivity index (χ0n) is 11.6. The first kappa shape index (κ1) is 13.5. The van der Waals surface area contributed by atoms with Crippen molar-refractivity contribution in [2.24, 2.45) is 0 Å². The minimum absolute atomic E-state index is 0.0538. The Hall–Kier alpha value is -1.97. The van der Waals surface area contributed by atoms with Crippen molar-refractivity contribution >= 4 is 16.8 Å². The van der Waals surface area contributed by atoms with Gasteiger partial charge in [-0.2, -0.15) is 0 Å². The van der Waals surface area contributed by atoms with E-state index in [-0.39, 0.29) is 11.9 Å². The molecule has 4 nitrogen and oxygen atoms in total. The maximum Gasteiger partial charge on any atom is 0.224 e. The molecule has 0 bridgehead atoms. The Labute approximate surface area is 113 Å². The van der Waals surface area contributed by atoms with Crippen LogP contribution < -0.4 is 10.1 Å². The summed E-state index contributed by atoms with van der Waals surface area (Å²) in [6.45, 7) is 4.07. The molecular formula is C15H20N2O2. The first-order valence-electron chi connectivity index (χ1n) is 6.57. The Morgan fingerprint density at radius 2 is 2.26 bits per heavy atom. The number of amides is 1. The first-order chi connectivity index (χ1) is 9.13. The molecule has 1 aromatic heterocycles. The summed E-state index contributed by atoms with van der Waals surface area (Å²) in [4.78, 5) is 15.1. The molecule has 102 valence electrons. The quantitative estimate of drug-likeness (QED) is 0.868. The van der Waals surface area contributed by atoms with Gasteiger partial charge in [0.2, 0.25) is 5.91 Å². The number of methoxy groups -OCH3 is 1. The van der Waals surface area contributed by atoms with Crippen LogP contribution in [-0.2, 0) is 11.2 Å². The third-order valence-corrected chi connectivity index (χ3v) is 3.35. The van der Waals surface area contributed by atoms with Crippen LogP contribution in [0.2, 0.25) is 0 Å². The van der Waals surface area contributed by atoms with E-state index in [1.807, 2.05) is 31.3 Å². The summed E-state index contributed by atoms with van der Waals surface area (Å²) in [5.74, 6) is 0.855. The van der Waals surface area contributed by atoms with Gasteiger partial charge in [0, 0.05) is 23.1 Å². The van der Waals surface area contributed by atoms with Gasteiger partial charge in [-0.1, -0.05) is 6.92 Å². The van der Waals surface area contributed by atoms with Crippen LogP contribution in [0.25, 0.3) is 10.9 Å². The number of aromatic amines is 1. The Balaban J connectivity index is 2.18. The normalized spacial score (nSPS) is 12.4. The lowest BCUT2D eigenvalue weighted by Gasteiger charge is -2.10. The van der Waals surface area contributed by atoms with Gasteiger partial charge in [-0.3, -0.25) is 4.79 Å². The molecular weight excluding hydrogens is 240 g/mol. The van der Waals surface area contributed by atoms with Gasteiger partial charge in [-0.25, -0.2) is 0 Å². The molecule has 0 aliphatic heterocycles. The summed E-state index contributed by atoms with van der Waals surface area (Å²) >= 11 is 0. The summed E-state index contributed by atoms with van der Waals surface area (Å²) in [5.41, 5.74) is 2.02. The molecule has 2 aromatic rings. The van der Waals surface area contributed by atoms with E-state index >= 15 is 0 Å². The Bertz CT molecular complexity index is 575. The number of ether oxygens (including phenoxy) is 1. The maximum atomic E-state index is 11.9. The van der Waals surface area contributed by atoms with Crippen LogP contribution in [-0.4, -0.2) is 24.0 Å². The molecule has 0 aliphatic rings. The van der Waals surface area contributed by atoms with Gasteiger partial charge in [-0.15, -0.1) is 0 Å². The number of fused-ring (bicyclic) bond motifs is 1. The van der Waals surface area contributed by atoms with E-state index in [9.17, 15) is 4.79 Å². The SMILES string of the molecule is CCC(C)NC(=O)Cc1c[nH]c2ccc(OC)cc12. The third-order valence-electron chi connectivity index (χ3n) is 3.35. The predicted octanol–water partition coefficient (Wildman–Crippen LogP) is 2.63. The smallest absolute Gasteiger partial charge is 0.224 e. The molecule has 0 fully saturated rings. The van der Waals surface area contributed by atoms with E-state index in [0.29, 0.717) is 6.42 Å². The van der Waals surface area contributed by atoms with E-state index in [1.54, 1.807) is 7.11 Å². The molecule has 1 amide bonds. The molecule has 1 atom stereocenters. The van der Waals surface area contributed by atoms with E-state index in [4.69, 9.17) is 4.74 Å². The molecule has 1 unspecified atom stereocenters. The summed E-state index contributed by atoms with van der Waals surface area (Å²) in [5, 5.41) is 4.02. The van der Waals surface area contributed by atoms with Crippen molar-refractivity contribution < 1.29 is 9.53 Å². The standard InChI is InChI=1S/C15H20N2O2/c1-4-10(2)17-15(18)7-11-9-16-14-6-5-12(19-3)8-13(11)14/h5-6,8-10,16H,4,7H2,1-3H3,(H,17,18). The van der Waals surface area contributed by atoms with Gasteiger partial charge in [-0.05, 0) is 37.1 Å². The zero-order chi connectivity index (χ0) is 13.8. The summed E-state index contributed by atoms with van der Waals surface area (Å²) in [7, 11) is 1.64. The van der Waals surface area contributed by atoms with Gasteiger partial charge in [0.1, 0.15) is 5.75 Å². The van der Waals surface area contributed by atoms with Crippen LogP contribution in [0.4, 0.5) is 0 Å². The van der Waals surface area contributed by atoms with E-state index < -0.39 is 0 Å². The summed E-state index contributed by atoms with van der Waals surface area (Å²) in [6.07, 6.45) is 3.21. The van der Waals surface area contributed by atoms with Crippen LogP contribution >= 0.6 is 0 Å². The number of rotatable bonds is 5. The number of H-pyrrole nitrogens is 1. The lowest BCUT2D eigenvalue weighted by Crippen LogP contribution is -2.33.